The van der Waals surface area contributed by atoms with Crippen molar-refractivity contribution in [2.24, 2.45) is 0 Å². The van der Waals surface area contributed by atoms with Gasteiger partial charge in [-0.05, 0) is 80.0 Å². The maximum atomic E-state index is 12.8. The minimum atomic E-state index is -0.438. The van der Waals surface area contributed by atoms with Gasteiger partial charge >= 0.3 is 5.97 Å². The number of rotatable bonds is 5. The van der Waals surface area contributed by atoms with Gasteiger partial charge in [-0.15, -0.1) is 11.3 Å². The van der Waals surface area contributed by atoms with Crippen LogP contribution in [0.1, 0.15) is 45.8 Å². The molecule has 4 rings (SSSR count). The molecule has 1 aliphatic carbocycles. The summed E-state index contributed by atoms with van der Waals surface area (Å²) in [4.78, 5) is 33.6. The highest BCUT2D eigenvalue weighted by Crippen LogP contribution is 2.34. The third-order valence-electron chi connectivity index (χ3n) is 5.39. The van der Waals surface area contributed by atoms with Gasteiger partial charge in [0.2, 0.25) is 0 Å². The van der Waals surface area contributed by atoms with Crippen molar-refractivity contribution in [1.82, 2.24) is 9.97 Å². The van der Waals surface area contributed by atoms with Crippen LogP contribution in [0.5, 0.6) is 5.75 Å². The third kappa shape index (κ3) is 4.38. The molecular weight excluding hydrogens is 436 g/mol. The number of ether oxygens (including phenoxy) is 2. The molecule has 0 saturated heterocycles. The highest BCUT2D eigenvalue weighted by Gasteiger charge is 2.20. The third-order valence-corrected chi connectivity index (χ3v) is 6.86. The summed E-state index contributed by atoms with van der Waals surface area (Å²) < 4.78 is 10.2. The SMILES string of the molecule is COC(=O)COc1c(C)cc(/C=C(/Cl)c2nc3sc4c(c3c(=O)[nH]2)CCCC4)cc1C. The van der Waals surface area contributed by atoms with Crippen molar-refractivity contribution in [3.05, 3.63) is 55.4 Å². The number of carbonyl (C=O) groups is 1. The summed E-state index contributed by atoms with van der Waals surface area (Å²) in [6, 6.07) is 3.81. The molecule has 2 heterocycles. The molecule has 0 spiro atoms. The number of thiophene rings is 1. The van der Waals surface area contributed by atoms with Crippen molar-refractivity contribution >= 4 is 50.2 Å². The standard InChI is InChI=1S/C23H23ClN2O4S/c1-12-8-14(9-13(2)20(12)30-11-18(27)29-3)10-16(24)21-25-22(28)19-15-6-4-5-7-17(15)31-23(19)26-21/h8-10H,4-7,11H2,1-3H3,(H,25,26,28)/b16-10+. The number of nitrogens with one attached hydrogen (secondary N) is 1. The summed E-state index contributed by atoms with van der Waals surface area (Å²) in [6.45, 7) is 3.64. The van der Waals surface area contributed by atoms with Crippen LogP contribution in [0, 0.1) is 13.8 Å². The first-order valence-electron chi connectivity index (χ1n) is 10.1. The van der Waals surface area contributed by atoms with Gasteiger partial charge in [0.15, 0.2) is 12.4 Å². The van der Waals surface area contributed by atoms with Crippen LogP contribution in [0.3, 0.4) is 0 Å². The van der Waals surface area contributed by atoms with E-state index in [1.54, 1.807) is 17.4 Å². The van der Waals surface area contributed by atoms with Crippen molar-refractivity contribution in [3.8, 4) is 5.75 Å². The Kier molecular flexibility index (Phi) is 6.16. The van der Waals surface area contributed by atoms with E-state index in [1.165, 1.54) is 12.0 Å². The smallest absolute Gasteiger partial charge is 0.343 e. The predicted octanol–water partition coefficient (Wildman–Crippen LogP) is 4.77. The number of aromatic amines is 1. The van der Waals surface area contributed by atoms with E-state index < -0.39 is 5.97 Å². The number of benzene rings is 1. The minimum Gasteiger partial charge on any atom is -0.481 e. The average molecular weight is 459 g/mol. The quantitative estimate of drug-likeness (QED) is 0.557. The lowest BCUT2D eigenvalue weighted by molar-refractivity contribution is -0.142. The summed E-state index contributed by atoms with van der Waals surface area (Å²) in [7, 11) is 1.32. The number of H-pyrrole nitrogens is 1. The Labute approximate surface area is 188 Å². The van der Waals surface area contributed by atoms with E-state index in [0.717, 1.165) is 52.8 Å². The Hall–Kier alpha value is -2.64. The molecule has 6 nitrogen and oxygen atoms in total. The van der Waals surface area contributed by atoms with Crippen molar-refractivity contribution < 1.29 is 14.3 Å². The van der Waals surface area contributed by atoms with Gasteiger partial charge in [0.05, 0.1) is 17.5 Å². The van der Waals surface area contributed by atoms with Crippen LogP contribution in [-0.4, -0.2) is 29.7 Å². The number of hydrogen-bond acceptors (Lipinski definition) is 6. The van der Waals surface area contributed by atoms with Gasteiger partial charge in [-0.25, -0.2) is 9.78 Å². The lowest BCUT2D eigenvalue weighted by atomic mass is 9.97. The zero-order valence-corrected chi connectivity index (χ0v) is 19.2. The molecule has 0 atom stereocenters. The van der Waals surface area contributed by atoms with E-state index in [1.807, 2.05) is 26.0 Å². The fraction of sp³-hybridized carbons (Fsp3) is 0.348. The number of carbonyl (C=O) groups excluding carboxylic acids is 1. The fourth-order valence-corrected chi connectivity index (χ4v) is 5.45. The largest absolute Gasteiger partial charge is 0.481 e. The van der Waals surface area contributed by atoms with E-state index in [4.69, 9.17) is 16.3 Å². The molecule has 0 amide bonds. The second kappa shape index (κ2) is 8.85. The molecule has 1 aliphatic rings. The molecule has 1 aromatic carbocycles. The number of fused-ring (bicyclic) bond motifs is 3. The van der Waals surface area contributed by atoms with E-state index >= 15 is 0 Å². The Bertz CT molecular complexity index is 1240. The molecule has 31 heavy (non-hydrogen) atoms. The van der Waals surface area contributed by atoms with Crippen molar-refractivity contribution in [2.45, 2.75) is 39.5 Å². The zero-order chi connectivity index (χ0) is 22.1. The topological polar surface area (TPSA) is 81.3 Å². The first-order valence-corrected chi connectivity index (χ1v) is 11.3. The molecule has 3 aromatic rings. The Morgan fingerprint density at radius 1 is 1.26 bits per heavy atom. The summed E-state index contributed by atoms with van der Waals surface area (Å²) in [5.41, 5.74) is 3.59. The zero-order valence-electron chi connectivity index (χ0n) is 17.6. The first kappa shape index (κ1) is 21.6. The van der Waals surface area contributed by atoms with Crippen molar-refractivity contribution in [3.63, 3.8) is 0 Å². The van der Waals surface area contributed by atoms with Gasteiger partial charge in [0.25, 0.3) is 5.56 Å². The second-order valence-electron chi connectivity index (χ2n) is 7.65. The fourth-order valence-electron chi connectivity index (χ4n) is 3.98. The van der Waals surface area contributed by atoms with Crippen LogP contribution in [0.25, 0.3) is 21.3 Å². The van der Waals surface area contributed by atoms with E-state index in [2.05, 4.69) is 14.7 Å². The summed E-state index contributed by atoms with van der Waals surface area (Å²) >= 11 is 8.14. The molecule has 0 aliphatic heterocycles. The highest BCUT2D eigenvalue weighted by atomic mass is 35.5. The lowest BCUT2D eigenvalue weighted by Crippen LogP contribution is -2.13. The van der Waals surface area contributed by atoms with Crippen molar-refractivity contribution in [2.75, 3.05) is 13.7 Å². The molecule has 0 radical (unpaired) electrons. The Morgan fingerprint density at radius 3 is 2.68 bits per heavy atom. The number of aromatic nitrogens is 2. The van der Waals surface area contributed by atoms with Crippen LogP contribution in [-0.2, 0) is 22.4 Å². The Morgan fingerprint density at radius 2 is 1.97 bits per heavy atom. The van der Waals surface area contributed by atoms with Gasteiger partial charge in [-0.1, -0.05) is 11.6 Å². The maximum Gasteiger partial charge on any atom is 0.343 e. The molecule has 0 fully saturated rings. The van der Waals surface area contributed by atoms with Gasteiger partial charge in [0.1, 0.15) is 10.6 Å². The highest BCUT2D eigenvalue weighted by molar-refractivity contribution is 7.18. The number of aryl methyl sites for hydroxylation is 4. The van der Waals surface area contributed by atoms with E-state index in [-0.39, 0.29) is 12.2 Å². The number of nitrogens with zero attached hydrogens (tertiary/aromatic N) is 1. The lowest BCUT2D eigenvalue weighted by Gasteiger charge is -2.12. The predicted molar refractivity (Wildman–Crippen MR) is 124 cm³/mol. The average Bonchev–Trinajstić information content (AvgIpc) is 3.11. The van der Waals surface area contributed by atoms with Crippen LogP contribution >= 0.6 is 22.9 Å². The number of hydrogen-bond donors (Lipinski definition) is 1. The summed E-state index contributed by atoms with van der Waals surface area (Å²) in [6.07, 6.45) is 5.98. The normalized spacial score (nSPS) is 13.9. The first-order chi connectivity index (χ1) is 14.9. The number of methoxy groups -OCH3 is 1. The molecule has 2 aromatic heterocycles. The second-order valence-corrected chi connectivity index (χ2v) is 9.14. The van der Waals surface area contributed by atoms with E-state index in [0.29, 0.717) is 22.0 Å². The summed E-state index contributed by atoms with van der Waals surface area (Å²) in [5, 5.41) is 1.07. The monoisotopic (exact) mass is 458 g/mol. The molecule has 1 N–H and O–H groups in total. The molecule has 8 heteroatoms. The Balaban J connectivity index is 1.65. The van der Waals surface area contributed by atoms with E-state index in [9.17, 15) is 9.59 Å². The van der Waals surface area contributed by atoms with Gasteiger partial charge in [0, 0.05) is 4.88 Å². The molecule has 0 bridgehead atoms. The van der Waals surface area contributed by atoms with Gasteiger partial charge in [-0.2, -0.15) is 0 Å². The summed E-state index contributed by atoms with van der Waals surface area (Å²) in [5.74, 6) is 0.557. The molecule has 0 saturated carbocycles. The van der Waals surface area contributed by atoms with Crippen LogP contribution in [0.4, 0.5) is 0 Å². The maximum absolute atomic E-state index is 12.8. The molecule has 162 valence electrons. The van der Waals surface area contributed by atoms with Crippen molar-refractivity contribution in [1.29, 1.82) is 0 Å². The minimum absolute atomic E-state index is 0.134. The number of esters is 1. The van der Waals surface area contributed by atoms with Gasteiger partial charge < -0.3 is 14.5 Å². The molecular formula is C23H23ClN2O4S. The van der Waals surface area contributed by atoms with Crippen LogP contribution in [0.15, 0.2) is 16.9 Å². The molecule has 0 unspecified atom stereocenters. The number of halogens is 1. The van der Waals surface area contributed by atoms with Crippen LogP contribution < -0.4 is 10.3 Å². The van der Waals surface area contributed by atoms with Crippen LogP contribution in [0.2, 0.25) is 0 Å². The van der Waals surface area contributed by atoms with Gasteiger partial charge in [-0.3, -0.25) is 4.79 Å².